The molecule has 0 radical (unpaired) electrons. The number of fused-ring (bicyclic) bond motifs is 1. The molecule has 1 atom stereocenters. The molecule has 1 N–H and O–H groups in total. The van der Waals surface area contributed by atoms with Crippen LogP contribution in [-0.4, -0.2) is 81.7 Å². The topological polar surface area (TPSA) is 73.0 Å². The summed E-state index contributed by atoms with van der Waals surface area (Å²) in [7, 11) is -3.41. The first kappa shape index (κ1) is 30.9. The molecule has 7 nitrogen and oxygen atoms in total. The molecule has 5 aliphatic rings. The molecule has 1 aliphatic carbocycles. The van der Waals surface area contributed by atoms with E-state index in [0.29, 0.717) is 42.7 Å². The third-order valence-corrected chi connectivity index (χ3v) is 14.2. The summed E-state index contributed by atoms with van der Waals surface area (Å²) < 4.78 is 26.6. The molecule has 0 unspecified atom stereocenters. The number of carbonyl (C=O) groups excluding carboxylic acids is 1. The number of hydrogen-bond donors (Lipinski definition) is 1. The second kappa shape index (κ2) is 12.8. The van der Waals surface area contributed by atoms with Crippen molar-refractivity contribution in [3.05, 3.63) is 72.3 Å². The minimum absolute atomic E-state index is 0.122. The van der Waals surface area contributed by atoms with Crippen molar-refractivity contribution in [3.8, 4) is 0 Å². The van der Waals surface area contributed by atoms with Gasteiger partial charge in [0.15, 0.2) is 9.84 Å². The Bertz CT molecular complexity index is 1470. The number of hydrogen-bond acceptors (Lipinski definition) is 6. The molecule has 242 valence electrons. The van der Waals surface area contributed by atoms with E-state index in [1.165, 1.54) is 57.7 Å². The lowest BCUT2D eigenvalue weighted by molar-refractivity contribution is -0.126. The number of benzene rings is 2. The lowest BCUT2D eigenvalue weighted by Gasteiger charge is -2.53. The Morgan fingerprint density at radius 2 is 1.56 bits per heavy atom. The highest BCUT2D eigenvalue weighted by atomic mass is 32.2. The van der Waals surface area contributed by atoms with Gasteiger partial charge in [-0.3, -0.25) is 4.79 Å². The van der Waals surface area contributed by atoms with Crippen molar-refractivity contribution in [2.24, 2.45) is 17.8 Å². The van der Waals surface area contributed by atoms with Gasteiger partial charge >= 0.3 is 0 Å². The fraction of sp³-hybridized carbons (Fsp3) is 0.595. The maximum Gasteiger partial charge on any atom is 0.245 e. The molecule has 0 aromatic heterocycles. The highest BCUT2D eigenvalue weighted by Gasteiger charge is 2.50. The van der Waals surface area contributed by atoms with Crippen LogP contribution in [0, 0.1) is 17.8 Å². The van der Waals surface area contributed by atoms with Crippen LogP contribution < -0.4 is 10.2 Å². The molecule has 4 heterocycles. The monoisotopic (exact) mass is 630 g/mol. The highest BCUT2D eigenvalue weighted by molar-refractivity contribution is 7.92. The van der Waals surface area contributed by atoms with Crippen molar-refractivity contribution in [3.63, 3.8) is 0 Å². The van der Waals surface area contributed by atoms with Crippen molar-refractivity contribution in [1.29, 1.82) is 0 Å². The standard InChI is InChI=1S/C37H50N4O3S/c1-2-36(42)40-23-18-34(19-24-40)45(43,44)33-13-11-32(12-14-33)41-26-28(27-41)25-39-21-16-31(17-22-39)37(30-8-4-5-9-30)35-10-6-3-7-29(35)15-20-38-37/h2-3,6-7,10-14,28,30-31,34,38H,1,4-5,8-9,15-27H2/t37-/m1/s1. The Morgan fingerprint density at radius 1 is 0.889 bits per heavy atom. The average molecular weight is 631 g/mol. The third-order valence-electron chi connectivity index (χ3n) is 11.9. The predicted molar refractivity (Wildman–Crippen MR) is 180 cm³/mol. The van der Waals surface area contributed by atoms with E-state index >= 15 is 0 Å². The van der Waals surface area contributed by atoms with Crippen molar-refractivity contribution >= 4 is 21.4 Å². The van der Waals surface area contributed by atoms with Gasteiger partial charge in [0.2, 0.25) is 5.91 Å². The van der Waals surface area contributed by atoms with Crippen LogP contribution in [0.3, 0.4) is 0 Å². The molecule has 3 saturated heterocycles. The summed E-state index contributed by atoms with van der Waals surface area (Å²) in [6.45, 7) is 11.2. The minimum Gasteiger partial charge on any atom is -0.371 e. The van der Waals surface area contributed by atoms with Gasteiger partial charge in [0, 0.05) is 56.4 Å². The summed E-state index contributed by atoms with van der Waals surface area (Å²) in [6, 6.07) is 16.8. The summed E-state index contributed by atoms with van der Waals surface area (Å²) >= 11 is 0. The van der Waals surface area contributed by atoms with Gasteiger partial charge in [-0.25, -0.2) is 8.42 Å². The first-order valence-corrected chi connectivity index (χ1v) is 19.0. The molecule has 1 amide bonds. The third kappa shape index (κ3) is 5.87. The van der Waals surface area contributed by atoms with E-state index in [4.69, 9.17) is 0 Å². The molecular formula is C37H50N4O3S. The van der Waals surface area contributed by atoms with Gasteiger partial charge in [0.05, 0.1) is 10.1 Å². The van der Waals surface area contributed by atoms with E-state index in [1.54, 1.807) is 28.2 Å². The van der Waals surface area contributed by atoms with Crippen LogP contribution in [0.5, 0.6) is 0 Å². The first-order chi connectivity index (χ1) is 21.9. The summed E-state index contributed by atoms with van der Waals surface area (Å²) in [4.78, 5) is 19.0. The fourth-order valence-electron chi connectivity index (χ4n) is 9.47. The number of carbonyl (C=O) groups is 1. The Hall–Kier alpha value is -2.68. The lowest BCUT2D eigenvalue weighted by Crippen LogP contribution is -2.59. The van der Waals surface area contributed by atoms with Gasteiger partial charge in [0.1, 0.15) is 0 Å². The number of piperidine rings is 2. The van der Waals surface area contributed by atoms with Crippen LogP contribution >= 0.6 is 0 Å². The molecular weight excluding hydrogens is 580 g/mol. The Kier molecular flexibility index (Phi) is 8.83. The number of amides is 1. The van der Waals surface area contributed by atoms with Crippen LogP contribution in [0.25, 0.3) is 0 Å². The summed E-state index contributed by atoms with van der Waals surface area (Å²) in [5.41, 5.74) is 4.45. The van der Waals surface area contributed by atoms with Crippen LogP contribution in [0.4, 0.5) is 5.69 Å². The van der Waals surface area contributed by atoms with E-state index in [0.717, 1.165) is 44.2 Å². The van der Waals surface area contributed by atoms with Gasteiger partial charge < -0.3 is 20.0 Å². The van der Waals surface area contributed by atoms with E-state index in [2.05, 4.69) is 46.0 Å². The van der Waals surface area contributed by atoms with Gasteiger partial charge in [-0.15, -0.1) is 0 Å². The first-order valence-electron chi connectivity index (χ1n) is 17.4. The molecule has 4 fully saturated rings. The van der Waals surface area contributed by atoms with Gasteiger partial charge in [0.25, 0.3) is 0 Å². The summed E-state index contributed by atoms with van der Waals surface area (Å²) in [5, 5.41) is 3.72. The van der Waals surface area contributed by atoms with Crippen LogP contribution in [0.2, 0.25) is 0 Å². The van der Waals surface area contributed by atoms with Crippen molar-refractivity contribution in [2.75, 3.05) is 57.3 Å². The zero-order valence-corrected chi connectivity index (χ0v) is 27.5. The smallest absolute Gasteiger partial charge is 0.245 e. The molecule has 8 heteroatoms. The van der Waals surface area contributed by atoms with Crippen molar-refractivity contribution < 1.29 is 13.2 Å². The zero-order valence-electron chi connectivity index (χ0n) is 26.7. The van der Waals surface area contributed by atoms with Crippen molar-refractivity contribution in [1.82, 2.24) is 15.1 Å². The van der Waals surface area contributed by atoms with Crippen LogP contribution in [0.1, 0.15) is 62.5 Å². The summed E-state index contributed by atoms with van der Waals surface area (Å²) in [5.74, 6) is 2.00. The van der Waals surface area contributed by atoms with E-state index in [1.807, 2.05) is 12.1 Å². The van der Waals surface area contributed by atoms with Gasteiger partial charge in [-0.05, 0) is 111 Å². The fourth-order valence-corrected chi connectivity index (χ4v) is 11.2. The number of nitrogens with zero attached hydrogens (tertiary/aromatic N) is 3. The number of sulfone groups is 1. The maximum atomic E-state index is 13.3. The average Bonchev–Trinajstić information content (AvgIpc) is 3.62. The highest BCUT2D eigenvalue weighted by Crippen LogP contribution is 2.50. The largest absolute Gasteiger partial charge is 0.371 e. The van der Waals surface area contributed by atoms with Crippen LogP contribution in [0.15, 0.2) is 66.1 Å². The quantitative estimate of drug-likeness (QED) is 0.414. The van der Waals surface area contributed by atoms with Gasteiger partial charge in [-0.1, -0.05) is 43.7 Å². The SMILES string of the molecule is C=CC(=O)N1CCC(S(=O)(=O)c2ccc(N3CC(CN4CCC([C@@]5(C6CCCC6)NCCc6ccccc65)CC4)C3)cc2)CC1. The molecule has 7 rings (SSSR count). The number of anilines is 1. The Balaban J connectivity index is 0.914. The number of likely N-dealkylation sites (tertiary alicyclic amines) is 2. The summed E-state index contributed by atoms with van der Waals surface area (Å²) in [6.07, 6.45) is 11.4. The van der Waals surface area contributed by atoms with E-state index < -0.39 is 15.1 Å². The predicted octanol–water partition coefficient (Wildman–Crippen LogP) is 5.02. The molecule has 45 heavy (non-hydrogen) atoms. The lowest BCUT2D eigenvalue weighted by atomic mass is 9.63. The van der Waals surface area contributed by atoms with E-state index in [-0.39, 0.29) is 11.4 Å². The van der Waals surface area contributed by atoms with Gasteiger partial charge in [-0.2, -0.15) is 0 Å². The molecule has 0 bridgehead atoms. The number of rotatable bonds is 8. The second-order valence-corrected chi connectivity index (χ2v) is 16.5. The maximum absolute atomic E-state index is 13.3. The minimum atomic E-state index is -3.41. The molecule has 0 spiro atoms. The molecule has 4 aliphatic heterocycles. The molecule has 2 aromatic carbocycles. The number of nitrogens with one attached hydrogen (secondary N) is 1. The normalized spacial score (nSPS) is 26.0. The van der Waals surface area contributed by atoms with E-state index in [9.17, 15) is 13.2 Å². The second-order valence-electron chi connectivity index (χ2n) is 14.3. The molecule has 1 saturated carbocycles. The van der Waals surface area contributed by atoms with Crippen molar-refractivity contribution in [2.45, 2.75) is 73.5 Å². The van der Waals surface area contributed by atoms with Crippen LogP contribution in [-0.2, 0) is 26.6 Å². The zero-order chi connectivity index (χ0) is 31.0. The Labute approximate surface area is 270 Å². The molecule has 2 aromatic rings. The Morgan fingerprint density at radius 3 is 2.24 bits per heavy atom.